The summed E-state index contributed by atoms with van der Waals surface area (Å²) in [5.74, 6) is -0.848. The number of pyridine rings is 1. The minimum Gasteiger partial charge on any atom is -0.334 e. The number of carbonyl (C=O) groups is 1. The molecule has 0 radical (unpaired) electrons. The maximum Gasteiger partial charge on any atom is 0.257 e. The number of amides is 1. The van der Waals surface area contributed by atoms with Gasteiger partial charge in [-0.25, -0.2) is 4.39 Å². The average Bonchev–Trinajstić information content (AvgIpc) is 2.38. The molecule has 1 aliphatic heterocycles. The summed E-state index contributed by atoms with van der Waals surface area (Å²) in [6.45, 7) is 1.08. The third-order valence-electron chi connectivity index (χ3n) is 3.16. The molecule has 2 heterocycles. The van der Waals surface area contributed by atoms with Crippen molar-refractivity contribution in [3.8, 4) is 0 Å². The van der Waals surface area contributed by atoms with Crippen molar-refractivity contribution in [2.75, 3.05) is 13.1 Å². The van der Waals surface area contributed by atoms with E-state index in [1.165, 1.54) is 12.3 Å². The van der Waals surface area contributed by atoms with Crippen LogP contribution in [0.15, 0.2) is 18.5 Å². The molecule has 0 aliphatic carbocycles. The number of aromatic nitrogens is 1. The summed E-state index contributed by atoms with van der Waals surface area (Å²) in [7, 11) is 0. The van der Waals surface area contributed by atoms with Gasteiger partial charge in [0, 0.05) is 25.3 Å². The number of piperidine rings is 1. The van der Waals surface area contributed by atoms with Crippen LogP contribution in [-0.2, 0) is 0 Å². The monoisotopic (exact) mass is 237 g/mol. The SMILES string of the molecule is NCC1CCCCN1C(=O)c1ccncc1F. The van der Waals surface area contributed by atoms with Gasteiger partial charge in [0.15, 0.2) is 5.82 Å². The van der Waals surface area contributed by atoms with E-state index in [1.54, 1.807) is 4.90 Å². The molecular weight excluding hydrogens is 221 g/mol. The smallest absolute Gasteiger partial charge is 0.257 e. The first kappa shape index (κ1) is 12.0. The van der Waals surface area contributed by atoms with Crippen LogP contribution in [0.2, 0.25) is 0 Å². The van der Waals surface area contributed by atoms with Crippen LogP contribution >= 0.6 is 0 Å². The maximum absolute atomic E-state index is 13.5. The van der Waals surface area contributed by atoms with Crippen LogP contribution in [0, 0.1) is 5.82 Å². The normalized spacial score (nSPS) is 20.4. The molecule has 1 aliphatic rings. The fourth-order valence-corrected chi connectivity index (χ4v) is 2.22. The molecule has 0 spiro atoms. The molecule has 5 heteroatoms. The van der Waals surface area contributed by atoms with Gasteiger partial charge in [-0.05, 0) is 25.3 Å². The van der Waals surface area contributed by atoms with Gasteiger partial charge in [0.1, 0.15) is 0 Å². The Morgan fingerprint density at radius 3 is 3.12 bits per heavy atom. The molecule has 4 nitrogen and oxygen atoms in total. The highest BCUT2D eigenvalue weighted by Gasteiger charge is 2.27. The van der Waals surface area contributed by atoms with E-state index in [9.17, 15) is 9.18 Å². The third kappa shape index (κ3) is 2.44. The first-order valence-electron chi connectivity index (χ1n) is 5.84. The summed E-state index contributed by atoms with van der Waals surface area (Å²) in [6.07, 6.45) is 5.42. The van der Waals surface area contributed by atoms with Crippen LogP contribution < -0.4 is 5.73 Å². The first-order valence-corrected chi connectivity index (χ1v) is 5.84. The lowest BCUT2D eigenvalue weighted by molar-refractivity contribution is 0.0618. The second-order valence-electron chi connectivity index (χ2n) is 4.24. The highest BCUT2D eigenvalue weighted by molar-refractivity contribution is 5.94. The summed E-state index contributed by atoms with van der Waals surface area (Å²) in [6, 6.07) is 1.45. The minimum absolute atomic E-state index is 0.0313. The molecule has 2 rings (SSSR count). The zero-order valence-corrected chi connectivity index (χ0v) is 9.60. The third-order valence-corrected chi connectivity index (χ3v) is 3.16. The Bertz CT molecular complexity index is 410. The van der Waals surface area contributed by atoms with Crippen molar-refractivity contribution in [3.05, 3.63) is 29.8 Å². The summed E-state index contributed by atoms with van der Waals surface area (Å²) in [4.78, 5) is 17.5. The number of nitrogens with two attached hydrogens (primary N) is 1. The molecular formula is C12H16FN3O. The zero-order valence-electron chi connectivity index (χ0n) is 9.60. The van der Waals surface area contributed by atoms with Gasteiger partial charge in [0.05, 0.1) is 11.8 Å². The highest BCUT2D eigenvalue weighted by atomic mass is 19.1. The second-order valence-corrected chi connectivity index (χ2v) is 4.24. The number of rotatable bonds is 2. The molecule has 1 fully saturated rings. The molecule has 0 saturated carbocycles. The number of likely N-dealkylation sites (tertiary alicyclic amines) is 1. The molecule has 1 atom stereocenters. The van der Waals surface area contributed by atoms with Gasteiger partial charge >= 0.3 is 0 Å². The lowest BCUT2D eigenvalue weighted by Gasteiger charge is -2.35. The van der Waals surface area contributed by atoms with E-state index in [0.29, 0.717) is 13.1 Å². The van der Waals surface area contributed by atoms with Crippen molar-refractivity contribution in [3.63, 3.8) is 0 Å². The Balaban J connectivity index is 2.21. The maximum atomic E-state index is 13.5. The van der Waals surface area contributed by atoms with Crippen LogP contribution in [0.4, 0.5) is 4.39 Å². The van der Waals surface area contributed by atoms with Crippen molar-refractivity contribution in [2.24, 2.45) is 5.73 Å². The number of hydrogen-bond donors (Lipinski definition) is 1. The van der Waals surface area contributed by atoms with Crippen molar-refractivity contribution in [1.82, 2.24) is 9.88 Å². The molecule has 1 aromatic rings. The van der Waals surface area contributed by atoms with Crippen LogP contribution in [0.3, 0.4) is 0 Å². The van der Waals surface area contributed by atoms with E-state index >= 15 is 0 Å². The van der Waals surface area contributed by atoms with Crippen molar-refractivity contribution in [2.45, 2.75) is 25.3 Å². The van der Waals surface area contributed by atoms with Gasteiger partial charge in [-0.2, -0.15) is 0 Å². The van der Waals surface area contributed by atoms with Gasteiger partial charge in [-0.15, -0.1) is 0 Å². The molecule has 2 N–H and O–H groups in total. The Morgan fingerprint density at radius 1 is 1.59 bits per heavy atom. The number of carbonyl (C=O) groups excluding carboxylic acids is 1. The number of halogens is 1. The summed E-state index contributed by atoms with van der Waals surface area (Å²) in [5.41, 5.74) is 5.73. The van der Waals surface area contributed by atoms with Gasteiger partial charge in [-0.3, -0.25) is 9.78 Å². The molecule has 1 aromatic heterocycles. The molecule has 1 unspecified atom stereocenters. The molecule has 0 bridgehead atoms. The van der Waals surface area contributed by atoms with Crippen LogP contribution in [0.5, 0.6) is 0 Å². The standard InChI is InChI=1S/C12H16FN3O/c13-11-8-15-5-4-10(11)12(17)16-6-2-1-3-9(16)7-14/h4-5,8-9H,1-3,6-7,14H2. The fraction of sp³-hybridized carbons (Fsp3) is 0.500. The first-order chi connectivity index (χ1) is 8.24. The van der Waals surface area contributed by atoms with Gasteiger partial charge in [0.2, 0.25) is 0 Å². The molecule has 92 valence electrons. The van der Waals surface area contributed by atoms with Gasteiger partial charge < -0.3 is 10.6 Å². The van der Waals surface area contributed by atoms with Gasteiger partial charge in [0.25, 0.3) is 5.91 Å². The highest BCUT2D eigenvalue weighted by Crippen LogP contribution is 2.19. The van der Waals surface area contributed by atoms with Crippen molar-refractivity contribution < 1.29 is 9.18 Å². The van der Waals surface area contributed by atoms with Crippen molar-refractivity contribution >= 4 is 5.91 Å². The van der Waals surface area contributed by atoms with E-state index in [2.05, 4.69) is 4.98 Å². The summed E-state index contributed by atoms with van der Waals surface area (Å²) >= 11 is 0. The van der Waals surface area contributed by atoms with Crippen LogP contribution in [-0.4, -0.2) is 34.9 Å². The minimum atomic E-state index is -0.571. The molecule has 1 saturated heterocycles. The van der Waals surface area contributed by atoms with E-state index in [1.807, 2.05) is 0 Å². The average molecular weight is 237 g/mol. The zero-order chi connectivity index (χ0) is 12.3. The Hall–Kier alpha value is -1.49. The van der Waals surface area contributed by atoms with E-state index in [0.717, 1.165) is 25.5 Å². The Labute approximate surface area is 99.6 Å². The summed E-state index contributed by atoms with van der Waals surface area (Å²) < 4.78 is 13.5. The largest absolute Gasteiger partial charge is 0.334 e. The molecule has 17 heavy (non-hydrogen) atoms. The predicted molar refractivity (Wildman–Crippen MR) is 61.9 cm³/mol. The molecule has 1 amide bonds. The van der Waals surface area contributed by atoms with E-state index < -0.39 is 5.82 Å². The lowest BCUT2D eigenvalue weighted by Crippen LogP contribution is -2.47. The van der Waals surface area contributed by atoms with Crippen molar-refractivity contribution in [1.29, 1.82) is 0 Å². The van der Waals surface area contributed by atoms with Gasteiger partial charge in [-0.1, -0.05) is 0 Å². The second kappa shape index (κ2) is 5.23. The Morgan fingerprint density at radius 2 is 2.41 bits per heavy atom. The summed E-state index contributed by atoms with van der Waals surface area (Å²) in [5, 5.41) is 0. The Kier molecular flexibility index (Phi) is 3.68. The number of hydrogen-bond acceptors (Lipinski definition) is 3. The van der Waals surface area contributed by atoms with E-state index in [-0.39, 0.29) is 17.5 Å². The quantitative estimate of drug-likeness (QED) is 0.840. The van der Waals surface area contributed by atoms with Crippen LogP contribution in [0.25, 0.3) is 0 Å². The topological polar surface area (TPSA) is 59.2 Å². The molecule has 0 aromatic carbocycles. The fourth-order valence-electron chi connectivity index (χ4n) is 2.22. The van der Waals surface area contributed by atoms with Crippen LogP contribution in [0.1, 0.15) is 29.6 Å². The van der Waals surface area contributed by atoms with E-state index in [4.69, 9.17) is 5.73 Å². The predicted octanol–water partition coefficient (Wildman–Crippen LogP) is 1.17. The number of nitrogens with zero attached hydrogens (tertiary/aromatic N) is 2. The lowest BCUT2D eigenvalue weighted by atomic mass is 10.0.